The van der Waals surface area contributed by atoms with Crippen LogP contribution in [0.25, 0.3) is 0 Å². The molecule has 0 aromatic rings. The number of rotatable bonds is 56. The summed E-state index contributed by atoms with van der Waals surface area (Å²) in [4.78, 5) is 25.4. The number of carbonyl (C=O) groups is 2. The molecule has 0 radical (unpaired) electrons. The van der Waals surface area contributed by atoms with Crippen LogP contribution in [0.1, 0.15) is 316 Å². The van der Waals surface area contributed by atoms with Gasteiger partial charge in [0.25, 0.3) is 0 Å². The maximum atomic E-state index is 12.7. The van der Waals surface area contributed by atoms with Crippen molar-refractivity contribution in [2.24, 2.45) is 0 Å². The molecule has 0 aromatic heterocycles. The van der Waals surface area contributed by atoms with Gasteiger partial charge in [0.05, 0.1) is 0 Å². The highest BCUT2D eigenvalue weighted by Gasteiger charge is 2.16. The largest absolute Gasteiger partial charge is 0.463 e. The third kappa shape index (κ3) is 56.4. The van der Waals surface area contributed by atoms with Crippen molar-refractivity contribution in [2.75, 3.05) is 19.8 Å². The lowest BCUT2D eigenvalue weighted by atomic mass is 10.0. The number of hydrogen-bond donors (Lipinski definition) is 0. The van der Waals surface area contributed by atoms with Gasteiger partial charge in [-0.3, -0.25) is 9.59 Å². The van der Waals surface area contributed by atoms with Crippen molar-refractivity contribution in [3.8, 4) is 0 Å². The fraction of sp³-hybridized carbons (Fsp3) is 0.841. The van der Waals surface area contributed by atoms with E-state index in [-0.39, 0.29) is 25.2 Å². The summed E-state index contributed by atoms with van der Waals surface area (Å²) in [6, 6.07) is 0. The number of esters is 2. The van der Waals surface area contributed by atoms with Gasteiger partial charge in [-0.1, -0.05) is 268 Å². The average Bonchev–Trinajstić information content (AvgIpc) is 3.34. The van der Waals surface area contributed by atoms with Gasteiger partial charge < -0.3 is 14.2 Å². The molecule has 0 saturated carbocycles. The predicted octanol–water partition coefficient (Wildman–Crippen LogP) is 20.7. The third-order valence-corrected chi connectivity index (χ3v) is 13.4. The first-order valence-corrected chi connectivity index (χ1v) is 30.2. The Morgan fingerprint density at radius 2 is 0.559 bits per heavy atom. The molecule has 5 nitrogen and oxygen atoms in total. The van der Waals surface area contributed by atoms with Crippen LogP contribution in [0.2, 0.25) is 0 Å². The van der Waals surface area contributed by atoms with Gasteiger partial charge in [-0.25, -0.2) is 0 Å². The molecule has 0 saturated heterocycles. The summed E-state index contributed by atoms with van der Waals surface area (Å²) >= 11 is 0. The zero-order valence-corrected chi connectivity index (χ0v) is 45.9. The summed E-state index contributed by atoms with van der Waals surface area (Å²) in [5.41, 5.74) is 0. The van der Waals surface area contributed by atoms with E-state index in [1.54, 1.807) is 0 Å². The van der Waals surface area contributed by atoms with Crippen LogP contribution in [-0.2, 0) is 23.8 Å². The lowest BCUT2D eigenvalue weighted by molar-refractivity contribution is -0.155. The zero-order chi connectivity index (χ0) is 49.2. The van der Waals surface area contributed by atoms with Crippen LogP contribution in [0.4, 0.5) is 0 Å². The Labute approximate surface area is 424 Å². The fourth-order valence-electron chi connectivity index (χ4n) is 8.78. The number of ether oxygens (including phenoxy) is 3. The SMILES string of the molecule is CCCCC/C=C\C/C=C\C/C=C\CCCCCCC(=O)OC[C@H](COC(=O)CCCCCCCCCCC/C=C\CCCCCCCC)OCCCCCCCCCCCCCCCCCC. The van der Waals surface area contributed by atoms with Gasteiger partial charge in [0.2, 0.25) is 0 Å². The molecule has 0 unspecified atom stereocenters. The van der Waals surface area contributed by atoms with E-state index in [2.05, 4.69) is 69.4 Å². The highest BCUT2D eigenvalue weighted by Crippen LogP contribution is 2.16. The minimum atomic E-state index is -0.408. The molecule has 0 aromatic carbocycles. The Kier molecular flexibility index (Phi) is 57.3. The van der Waals surface area contributed by atoms with Gasteiger partial charge in [0.15, 0.2) is 0 Å². The Balaban J connectivity index is 4.26. The Morgan fingerprint density at radius 3 is 0.912 bits per heavy atom. The Hall–Kier alpha value is -2.14. The van der Waals surface area contributed by atoms with E-state index >= 15 is 0 Å². The Bertz CT molecular complexity index is 1120. The lowest BCUT2D eigenvalue weighted by Crippen LogP contribution is -2.29. The van der Waals surface area contributed by atoms with Crippen LogP contribution in [0.3, 0.4) is 0 Å². The molecule has 0 aliphatic rings. The molecule has 0 aliphatic carbocycles. The highest BCUT2D eigenvalue weighted by atomic mass is 16.6. The van der Waals surface area contributed by atoms with Gasteiger partial charge in [0.1, 0.15) is 19.3 Å². The van der Waals surface area contributed by atoms with Crippen molar-refractivity contribution < 1.29 is 23.8 Å². The van der Waals surface area contributed by atoms with Crippen molar-refractivity contribution in [2.45, 2.75) is 322 Å². The normalized spacial score (nSPS) is 12.5. The van der Waals surface area contributed by atoms with E-state index in [9.17, 15) is 9.59 Å². The van der Waals surface area contributed by atoms with Crippen molar-refractivity contribution in [3.63, 3.8) is 0 Å². The van der Waals surface area contributed by atoms with E-state index in [0.29, 0.717) is 19.4 Å². The molecule has 1 atom stereocenters. The van der Waals surface area contributed by atoms with Crippen LogP contribution in [0.15, 0.2) is 48.6 Å². The maximum absolute atomic E-state index is 12.7. The fourth-order valence-corrected chi connectivity index (χ4v) is 8.78. The molecule has 0 N–H and O–H groups in total. The second-order valence-electron chi connectivity index (χ2n) is 20.2. The first-order chi connectivity index (χ1) is 33.6. The molecule has 0 spiro atoms. The average molecular weight is 954 g/mol. The van der Waals surface area contributed by atoms with Crippen LogP contribution in [0.5, 0.6) is 0 Å². The molecule has 0 aliphatic heterocycles. The number of allylic oxidation sites excluding steroid dienone is 8. The summed E-state index contributed by atoms with van der Waals surface area (Å²) < 4.78 is 17.5. The second-order valence-corrected chi connectivity index (χ2v) is 20.2. The minimum Gasteiger partial charge on any atom is -0.463 e. The van der Waals surface area contributed by atoms with Crippen LogP contribution in [0, 0.1) is 0 Å². The molecule has 0 rings (SSSR count). The molecule has 68 heavy (non-hydrogen) atoms. The highest BCUT2D eigenvalue weighted by molar-refractivity contribution is 5.69. The Morgan fingerprint density at radius 1 is 0.309 bits per heavy atom. The van der Waals surface area contributed by atoms with Crippen LogP contribution >= 0.6 is 0 Å². The summed E-state index contributed by atoms with van der Waals surface area (Å²) in [5, 5.41) is 0. The van der Waals surface area contributed by atoms with E-state index in [4.69, 9.17) is 14.2 Å². The topological polar surface area (TPSA) is 61.8 Å². The van der Waals surface area contributed by atoms with E-state index in [1.165, 1.54) is 212 Å². The van der Waals surface area contributed by atoms with Crippen molar-refractivity contribution >= 4 is 11.9 Å². The third-order valence-electron chi connectivity index (χ3n) is 13.4. The molecular weight excluding hydrogens is 837 g/mol. The van der Waals surface area contributed by atoms with Crippen LogP contribution in [-0.4, -0.2) is 37.9 Å². The molecule has 0 bridgehead atoms. The first kappa shape index (κ1) is 65.9. The molecule has 0 heterocycles. The van der Waals surface area contributed by atoms with E-state index in [0.717, 1.165) is 70.6 Å². The summed E-state index contributed by atoms with van der Waals surface area (Å²) in [7, 11) is 0. The summed E-state index contributed by atoms with van der Waals surface area (Å²) in [6.07, 6.45) is 74.4. The first-order valence-electron chi connectivity index (χ1n) is 30.2. The maximum Gasteiger partial charge on any atom is 0.305 e. The number of hydrogen-bond acceptors (Lipinski definition) is 5. The summed E-state index contributed by atoms with van der Waals surface area (Å²) in [5.74, 6) is -0.346. The quantitative estimate of drug-likeness (QED) is 0.0345. The smallest absolute Gasteiger partial charge is 0.305 e. The lowest BCUT2D eigenvalue weighted by Gasteiger charge is -2.18. The van der Waals surface area contributed by atoms with Gasteiger partial charge in [0, 0.05) is 19.4 Å². The number of unbranched alkanes of at least 4 members (excludes halogenated alkanes) is 37. The minimum absolute atomic E-state index is 0.148. The monoisotopic (exact) mass is 953 g/mol. The van der Waals surface area contributed by atoms with E-state index < -0.39 is 6.10 Å². The molecule has 5 heteroatoms. The zero-order valence-electron chi connectivity index (χ0n) is 45.9. The molecule has 0 fully saturated rings. The number of carbonyl (C=O) groups excluding carboxylic acids is 2. The van der Waals surface area contributed by atoms with Crippen LogP contribution < -0.4 is 0 Å². The standard InChI is InChI=1S/C63H116O5/c1-4-7-10-13-16-19-22-25-28-31-32-34-36-39-42-45-48-51-54-57-63(65)68-60-61(66-58-55-52-49-46-43-40-37-30-27-24-21-18-15-12-9-6-3)59-67-62(64)56-53-50-47-44-41-38-35-33-29-26-23-20-17-14-11-8-5-2/h17,20,25-26,28-29,35,38,61H,4-16,18-19,21-24,27,30-34,36-37,39-60H2,1-3H3/b20-17-,28-25-,29-26-,38-35-/t61-/m1/s1. The molecule has 398 valence electrons. The van der Waals surface area contributed by atoms with E-state index in [1.807, 2.05) is 0 Å². The van der Waals surface area contributed by atoms with Gasteiger partial charge in [-0.2, -0.15) is 0 Å². The van der Waals surface area contributed by atoms with Gasteiger partial charge in [-0.15, -0.1) is 0 Å². The van der Waals surface area contributed by atoms with Crippen molar-refractivity contribution in [1.82, 2.24) is 0 Å². The molecule has 0 amide bonds. The van der Waals surface area contributed by atoms with Crippen molar-refractivity contribution in [1.29, 1.82) is 0 Å². The van der Waals surface area contributed by atoms with Crippen molar-refractivity contribution in [3.05, 3.63) is 48.6 Å². The molecular formula is C63H116O5. The summed E-state index contributed by atoms with van der Waals surface area (Å²) in [6.45, 7) is 7.73. The van der Waals surface area contributed by atoms with Gasteiger partial charge in [-0.05, 0) is 83.5 Å². The van der Waals surface area contributed by atoms with Gasteiger partial charge >= 0.3 is 11.9 Å². The second kappa shape index (κ2) is 59.2. The predicted molar refractivity (Wildman–Crippen MR) is 298 cm³/mol.